The zero-order valence-corrected chi connectivity index (χ0v) is 10.4. The molecule has 3 nitrogen and oxygen atoms in total. The second-order valence-corrected chi connectivity index (χ2v) is 4.73. The second-order valence-electron chi connectivity index (χ2n) is 3.67. The van der Waals surface area contributed by atoms with Gasteiger partial charge in [0, 0.05) is 5.69 Å². The van der Waals surface area contributed by atoms with Crippen LogP contribution < -0.4 is 0 Å². The molecule has 17 heavy (non-hydrogen) atoms. The highest BCUT2D eigenvalue weighted by Gasteiger charge is 2.04. The first kappa shape index (κ1) is 11.9. The molecule has 0 fully saturated rings. The van der Waals surface area contributed by atoms with Gasteiger partial charge in [-0.15, -0.1) is 0 Å². The molecule has 0 spiro atoms. The smallest absolute Gasteiger partial charge is 0.129 e. The van der Waals surface area contributed by atoms with Crippen molar-refractivity contribution in [3.05, 3.63) is 42.4 Å². The first-order chi connectivity index (χ1) is 8.29. The molecule has 1 N–H and O–H groups in total. The van der Waals surface area contributed by atoms with E-state index in [4.69, 9.17) is 0 Å². The van der Waals surface area contributed by atoms with E-state index in [2.05, 4.69) is 16.9 Å². The van der Waals surface area contributed by atoms with Gasteiger partial charge in [-0.2, -0.15) is 0 Å². The van der Waals surface area contributed by atoms with E-state index < -0.39 is 0 Å². The van der Waals surface area contributed by atoms with Crippen LogP contribution in [0.25, 0.3) is 0 Å². The minimum absolute atomic E-state index is 0.285. The van der Waals surface area contributed by atoms with E-state index in [0.29, 0.717) is 0 Å². The maximum absolute atomic E-state index is 9.68. The number of nitrogens with zero attached hydrogens (tertiary/aromatic N) is 2. The number of rotatable bonds is 4. The molecule has 0 aliphatic heterocycles. The van der Waals surface area contributed by atoms with E-state index in [-0.39, 0.29) is 5.75 Å². The zero-order chi connectivity index (χ0) is 12.1. The normalized spacial score (nSPS) is 10.4. The maximum Gasteiger partial charge on any atom is 0.129 e. The molecule has 0 atom stereocenters. The SMILES string of the molecule is CCCc1cc(Sc2ccccc2O)ncn1. The Morgan fingerprint density at radius 2 is 2.06 bits per heavy atom. The molecule has 1 heterocycles. The van der Waals surface area contributed by atoms with Crippen LogP contribution >= 0.6 is 11.8 Å². The van der Waals surface area contributed by atoms with Crippen LogP contribution in [0.3, 0.4) is 0 Å². The summed E-state index contributed by atoms with van der Waals surface area (Å²) < 4.78 is 0. The summed E-state index contributed by atoms with van der Waals surface area (Å²) in [5.41, 5.74) is 1.04. The number of benzene rings is 1. The lowest BCUT2D eigenvalue weighted by Crippen LogP contribution is -1.91. The monoisotopic (exact) mass is 246 g/mol. The number of aryl methyl sites for hydroxylation is 1. The Kier molecular flexibility index (Phi) is 3.98. The van der Waals surface area contributed by atoms with Crippen molar-refractivity contribution < 1.29 is 5.11 Å². The number of aromatic nitrogens is 2. The minimum Gasteiger partial charge on any atom is -0.507 e. The maximum atomic E-state index is 9.68. The summed E-state index contributed by atoms with van der Waals surface area (Å²) >= 11 is 1.45. The summed E-state index contributed by atoms with van der Waals surface area (Å²) in [6.45, 7) is 2.12. The lowest BCUT2D eigenvalue weighted by Gasteiger charge is -2.04. The van der Waals surface area contributed by atoms with Crippen molar-refractivity contribution in [3.8, 4) is 5.75 Å². The van der Waals surface area contributed by atoms with Gasteiger partial charge in [-0.1, -0.05) is 37.2 Å². The van der Waals surface area contributed by atoms with Crippen molar-refractivity contribution in [2.24, 2.45) is 0 Å². The molecule has 0 saturated carbocycles. The first-order valence-corrected chi connectivity index (χ1v) is 6.38. The molecule has 0 aliphatic rings. The van der Waals surface area contributed by atoms with Crippen molar-refractivity contribution in [1.29, 1.82) is 0 Å². The van der Waals surface area contributed by atoms with E-state index in [1.54, 1.807) is 12.4 Å². The van der Waals surface area contributed by atoms with Gasteiger partial charge in [-0.05, 0) is 24.6 Å². The molecule has 0 amide bonds. The van der Waals surface area contributed by atoms with E-state index in [9.17, 15) is 5.11 Å². The van der Waals surface area contributed by atoms with Gasteiger partial charge in [-0.3, -0.25) is 0 Å². The Labute approximate surface area is 105 Å². The van der Waals surface area contributed by atoms with Crippen LogP contribution in [-0.2, 0) is 6.42 Å². The third-order valence-electron chi connectivity index (χ3n) is 2.28. The number of aromatic hydroxyl groups is 1. The van der Waals surface area contributed by atoms with Gasteiger partial charge >= 0.3 is 0 Å². The Balaban J connectivity index is 2.18. The number of phenolic OH excluding ortho intramolecular Hbond substituents is 1. The third-order valence-corrected chi connectivity index (χ3v) is 3.28. The molecule has 0 aliphatic carbocycles. The van der Waals surface area contributed by atoms with E-state index >= 15 is 0 Å². The highest BCUT2D eigenvalue weighted by atomic mass is 32.2. The van der Waals surface area contributed by atoms with E-state index in [1.807, 2.05) is 24.3 Å². The lowest BCUT2D eigenvalue weighted by molar-refractivity contribution is 0.462. The number of para-hydroxylation sites is 1. The largest absolute Gasteiger partial charge is 0.507 e. The topological polar surface area (TPSA) is 46.0 Å². The Morgan fingerprint density at radius 3 is 2.82 bits per heavy atom. The molecule has 88 valence electrons. The number of hydrogen-bond acceptors (Lipinski definition) is 4. The van der Waals surface area contributed by atoms with Gasteiger partial charge in [0.15, 0.2) is 0 Å². The van der Waals surface area contributed by atoms with E-state index in [0.717, 1.165) is 28.5 Å². The quantitative estimate of drug-likeness (QED) is 0.841. The van der Waals surface area contributed by atoms with Crippen LogP contribution in [0.2, 0.25) is 0 Å². The average molecular weight is 246 g/mol. The summed E-state index contributed by atoms with van der Waals surface area (Å²) in [6, 6.07) is 9.23. The number of hydrogen-bond donors (Lipinski definition) is 1. The molecule has 0 unspecified atom stereocenters. The molecule has 2 rings (SSSR count). The van der Waals surface area contributed by atoms with Gasteiger partial charge in [0.25, 0.3) is 0 Å². The van der Waals surface area contributed by atoms with Gasteiger partial charge in [0.1, 0.15) is 17.1 Å². The zero-order valence-electron chi connectivity index (χ0n) is 9.63. The summed E-state index contributed by atoms with van der Waals surface area (Å²) in [6.07, 6.45) is 3.60. The molecule has 0 saturated heterocycles. The van der Waals surface area contributed by atoms with Crippen LogP contribution in [0.1, 0.15) is 19.0 Å². The fourth-order valence-corrected chi connectivity index (χ4v) is 2.32. The molecule has 4 heteroatoms. The summed E-state index contributed by atoms with van der Waals surface area (Å²) in [4.78, 5) is 9.22. The first-order valence-electron chi connectivity index (χ1n) is 5.56. The van der Waals surface area contributed by atoms with Crippen LogP contribution in [0, 0.1) is 0 Å². The molecular formula is C13H14N2OS. The lowest BCUT2D eigenvalue weighted by atomic mass is 10.2. The second kappa shape index (κ2) is 5.68. The average Bonchev–Trinajstić information content (AvgIpc) is 2.33. The molecule has 1 aromatic carbocycles. The van der Waals surface area contributed by atoms with Crippen molar-refractivity contribution in [2.45, 2.75) is 29.7 Å². The Bertz CT molecular complexity index is 502. The van der Waals surface area contributed by atoms with Crippen LogP contribution in [0.15, 0.2) is 46.6 Å². The molecule has 0 radical (unpaired) electrons. The van der Waals surface area contributed by atoms with Gasteiger partial charge in [0.2, 0.25) is 0 Å². The van der Waals surface area contributed by atoms with Gasteiger partial charge in [-0.25, -0.2) is 9.97 Å². The predicted octanol–water partition coefficient (Wildman–Crippen LogP) is 3.29. The Hall–Kier alpha value is -1.55. The summed E-state index contributed by atoms with van der Waals surface area (Å²) in [7, 11) is 0. The number of phenols is 1. The Morgan fingerprint density at radius 1 is 1.24 bits per heavy atom. The fraction of sp³-hybridized carbons (Fsp3) is 0.231. The predicted molar refractivity (Wildman–Crippen MR) is 68.3 cm³/mol. The highest BCUT2D eigenvalue weighted by Crippen LogP contribution is 2.32. The highest BCUT2D eigenvalue weighted by molar-refractivity contribution is 7.99. The molecule has 2 aromatic rings. The van der Waals surface area contributed by atoms with Gasteiger partial charge in [0.05, 0.1) is 4.90 Å². The van der Waals surface area contributed by atoms with Crippen molar-refractivity contribution in [1.82, 2.24) is 9.97 Å². The van der Waals surface area contributed by atoms with Gasteiger partial charge < -0.3 is 5.11 Å². The summed E-state index contributed by atoms with van der Waals surface area (Å²) in [5.74, 6) is 0.285. The molecule has 0 bridgehead atoms. The van der Waals surface area contributed by atoms with Crippen LogP contribution in [-0.4, -0.2) is 15.1 Å². The van der Waals surface area contributed by atoms with Crippen LogP contribution in [0.4, 0.5) is 0 Å². The van der Waals surface area contributed by atoms with Crippen molar-refractivity contribution in [3.63, 3.8) is 0 Å². The van der Waals surface area contributed by atoms with Crippen molar-refractivity contribution in [2.75, 3.05) is 0 Å². The standard InChI is InChI=1S/C13H14N2OS/c1-2-5-10-8-13(15-9-14-10)17-12-7-4-3-6-11(12)16/h3-4,6-9,16H,2,5H2,1H3. The van der Waals surface area contributed by atoms with E-state index in [1.165, 1.54) is 11.8 Å². The third kappa shape index (κ3) is 3.20. The minimum atomic E-state index is 0.285. The summed E-state index contributed by atoms with van der Waals surface area (Å²) in [5, 5.41) is 10.5. The molecular weight excluding hydrogens is 232 g/mol. The molecule has 1 aromatic heterocycles. The fourth-order valence-electron chi connectivity index (χ4n) is 1.48. The van der Waals surface area contributed by atoms with Crippen LogP contribution in [0.5, 0.6) is 5.75 Å². The van der Waals surface area contributed by atoms with Crippen molar-refractivity contribution >= 4 is 11.8 Å².